The maximum Gasteiger partial charge on any atom is 0.337 e. The van der Waals surface area contributed by atoms with Gasteiger partial charge in [0.2, 0.25) is 5.95 Å². The number of aromatic carboxylic acids is 1. The third kappa shape index (κ3) is 3.10. The molecule has 10 heteroatoms. The minimum absolute atomic E-state index is 0.0166. The molecule has 0 aliphatic rings. The van der Waals surface area contributed by atoms with E-state index < -0.39 is 11.5 Å². The van der Waals surface area contributed by atoms with Crippen LogP contribution in [0.1, 0.15) is 16.1 Å². The van der Waals surface area contributed by atoms with Gasteiger partial charge in [0.25, 0.3) is 5.56 Å². The highest BCUT2D eigenvalue weighted by Crippen LogP contribution is 2.21. The molecule has 9 nitrogen and oxygen atoms in total. The topological polar surface area (TPSA) is 147 Å². The number of carboxylic acid groups (broad SMARTS) is 1. The molecule has 0 spiro atoms. The summed E-state index contributed by atoms with van der Waals surface area (Å²) in [6.45, 7) is 0.259. The number of hydrogen-bond acceptors (Lipinski definition) is 7. The van der Waals surface area contributed by atoms with Gasteiger partial charge in [0.05, 0.1) is 29.0 Å². The van der Waals surface area contributed by atoms with Gasteiger partial charge in [-0.2, -0.15) is 4.98 Å². The maximum absolute atomic E-state index is 11.8. The van der Waals surface area contributed by atoms with E-state index in [0.717, 1.165) is 0 Å². The van der Waals surface area contributed by atoms with Gasteiger partial charge in [-0.3, -0.25) is 9.78 Å². The predicted molar refractivity (Wildman–Crippen MR) is 88.1 cm³/mol. The fourth-order valence-electron chi connectivity index (χ4n) is 2.05. The van der Waals surface area contributed by atoms with Gasteiger partial charge in [-0.1, -0.05) is 11.6 Å². The second-order valence-corrected chi connectivity index (χ2v) is 5.25. The van der Waals surface area contributed by atoms with E-state index in [4.69, 9.17) is 22.4 Å². The smallest absolute Gasteiger partial charge is 0.337 e. The van der Waals surface area contributed by atoms with E-state index >= 15 is 0 Å². The van der Waals surface area contributed by atoms with Gasteiger partial charge in [0.15, 0.2) is 11.2 Å². The van der Waals surface area contributed by atoms with Crippen molar-refractivity contribution in [2.24, 2.45) is 0 Å². The summed E-state index contributed by atoms with van der Waals surface area (Å²) in [5, 5.41) is 12.1. The van der Waals surface area contributed by atoms with Gasteiger partial charge in [-0.15, -0.1) is 0 Å². The molecular formula is C14H11ClN6O3. The average Bonchev–Trinajstić information content (AvgIpc) is 2.52. The lowest BCUT2D eigenvalue weighted by Gasteiger charge is -2.08. The number of rotatable bonds is 4. The van der Waals surface area contributed by atoms with Crippen LogP contribution in [0.3, 0.4) is 0 Å². The van der Waals surface area contributed by atoms with E-state index in [1.165, 1.54) is 18.3 Å². The Morgan fingerprint density at radius 3 is 2.88 bits per heavy atom. The molecule has 0 fully saturated rings. The number of aromatic amines is 1. The van der Waals surface area contributed by atoms with Gasteiger partial charge >= 0.3 is 5.97 Å². The van der Waals surface area contributed by atoms with Gasteiger partial charge < -0.3 is 16.2 Å². The second kappa shape index (κ2) is 6.13. The number of fused-ring (bicyclic) bond motifs is 1. The zero-order valence-corrected chi connectivity index (χ0v) is 12.8. The van der Waals surface area contributed by atoms with E-state index in [2.05, 4.69) is 25.3 Å². The van der Waals surface area contributed by atoms with Crippen LogP contribution in [0, 0.1) is 0 Å². The lowest BCUT2D eigenvalue weighted by molar-refractivity contribution is 0.0697. The zero-order valence-electron chi connectivity index (χ0n) is 12.1. The molecule has 0 saturated heterocycles. The molecule has 0 aliphatic heterocycles. The predicted octanol–water partition coefficient (Wildman–Crippen LogP) is 1.26. The van der Waals surface area contributed by atoms with Crippen LogP contribution >= 0.6 is 11.6 Å². The third-order valence-corrected chi connectivity index (χ3v) is 3.47. The first-order valence-corrected chi connectivity index (χ1v) is 7.10. The Balaban J connectivity index is 1.82. The molecule has 0 unspecified atom stereocenters. The van der Waals surface area contributed by atoms with Crippen molar-refractivity contribution in [3.05, 3.63) is 51.0 Å². The summed E-state index contributed by atoms with van der Waals surface area (Å²) < 4.78 is 0. The summed E-state index contributed by atoms with van der Waals surface area (Å²) in [7, 11) is 0. The third-order valence-electron chi connectivity index (χ3n) is 3.16. The van der Waals surface area contributed by atoms with Gasteiger partial charge in [-0.25, -0.2) is 14.8 Å². The van der Waals surface area contributed by atoms with Gasteiger partial charge in [0, 0.05) is 5.69 Å². The zero-order chi connectivity index (χ0) is 17.3. The van der Waals surface area contributed by atoms with Crippen LogP contribution in [-0.4, -0.2) is 31.0 Å². The Labute approximate surface area is 139 Å². The summed E-state index contributed by atoms with van der Waals surface area (Å²) in [5.41, 5.74) is 6.34. The van der Waals surface area contributed by atoms with Crippen molar-refractivity contribution in [2.75, 3.05) is 11.1 Å². The first kappa shape index (κ1) is 15.7. The lowest BCUT2D eigenvalue weighted by atomic mass is 10.2. The first-order valence-electron chi connectivity index (χ1n) is 6.72. The van der Waals surface area contributed by atoms with E-state index in [-0.39, 0.29) is 34.2 Å². The molecule has 3 rings (SSSR count). The van der Waals surface area contributed by atoms with E-state index in [0.29, 0.717) is 11.4 Å². The molecule has 0 bridgehead atoms. The molecule has 24 heavy (non-hydrogen) atoms. The quantitative estimate of drug-likeness (QED) is 0.552. The highest BCUT2D eigenvalue weighted by Gasteiger charge is 2.10. The SMILES string of the molecule is Nc1nc2ncc(CNc3ccc(C(=O)O)c(Cl)c3)nc2c(=O)[nH]1. The fourth-order valence-corrected chi connectivity index (χ4v) is 2.31. The highest BCUT2D eigenvalue weighted by molar-refractivity contribution is 6.33. The van der Waals surface area contributed by atoms with Gasteiger partial charge in [-0.05, 0) is 18.2 Å². The van der Waals surface area contributed by atoms with Crippen LogP contribution in [0.4, 0.5) is 11.6 Å². The maximum atomic E-state index is 11.8. The fraction of sp³-hybridized carbons (Fsp3) is 0.0714. The number of nitrogen functional groups attached to an aromatic ring is 1. The Hall–Kier alpha value is -3.20. The second-order valence-electron chi connectivity index (χ2n) is 4.84. The van der Waals surface area contributed by atoms with Crippen LogP contribution in [0.25, 0.3) is 11.2 Å². The molecule has 2 heterocycles. The van der Waals surface area contributed by atoms with E-state index in [1.54, 1.807) is 6.07 Å². The lowest BCUT2D eigenvalue weighted by Crippen LogP contribution is -2.15. The monoisotopic (exact) mass is 346 g/mol. The minimum Gasteiger partial charge on any atom is -0.478 e. The molecule has 3 aromatic rings. The molecule has 0 amide bonds. The number of aromatic nitrogens is 4. The van der Waals surface area contributed by atoms with E-state index in [9.17, 15) is 9.59 Å². The summed E-state index contributed by atoms with van der Waals surface area (Å²) >= 11 is 5.91. The van der Waals surface area contributed by atoms with Crippen molar-refractivity contribution in [2.45, 2.75) is 6.54 Å². The van der Waals surface area contributed by atoms with Gasteiger partial charge in [0.1, 0.15) is 0 Å². The molecule has 0 aliphatic carbocycles. The van der Waals surface area contributed by atoms with Crippen LogP contribution in [0.15, 0.2) is 29.2 Å². The van der Waals surface area contributed by atoms with Crippen molar-refractivity contribution < 1.29 is 9.90 Å². The Morgan fingerprint density at radius 1 is 1.38 bits per heavy atom. The molecule has 2 aromatic heterocycles. The minimum atomic E-state index is -1.10. The number of halogens is 1. The van der Waals surface area contributed by atoms with Crippen molar-refractivity contribution in [1.29, 1.82) is 0 Å². The number of benzene rings is 1. The molecule has 5 N–H and O–H groups in total. The number of carbonyl (C=O) groups is 1. The molecule has 122 valence electrons. The first-order chi connectivity index (χ1) is 11.4. The molecular weight excluding hydrogens is 336 g/mol. The number of nitrogens with one attached hydrogen (secondary N) is 2. The van der Waals surface area contributed by atoms with Crippen molar-refractivity contribution in [3.63, 3.8) is 0 Å². The largest absolute Gasteiger partial charge is 0.478 e. The van der Waals surface area contributed by atoms with Crippen LogP contribution < -0.4 is 16.6 Å². The van der Waals surface area contributed by atoms with E-state index in [1.807, 2.05) is 0 Å². The summed E-state index contributed by atoms with van der Waals surface area (Å²) in [6.07, 6.45) is 1.47. The molecule has 1 aromatic carbocycles. The number of carboxylic acids is 1. The Morgan fingerprint density at radius 2 is 2.17 bits per heavy atom. The van der Waals surface area contributed by atoms with Crippen molar-refractivity contribution in [1.82, 2.24) is 19.9 Å². The highest BCUT2D eigenvalue weighted by atomic mass is 35.5. The van der Waals surface area contributed by atoms with Crippen molar-refractivity contribution >= 4 is 40.4 Å². The summed E-state index contributed by atoms with van der Waals surface area (Å²) in [6, 6.07) is 4.48. The standard InChI is InChI=1S/C14H11ClN6O3/c15-9-3-6(1-2-8(9)13(23)24)17-4-7-5-18-11-10(19-7)12(22)21-14(16)20-11/h1-3,5,17H,4H2,(H,23,24)(H3,16,18,20,21,22). The van der Waals surface area contributed by atoms with Crippen molar-refractivity contribution in [3.8, 4) is 0 Å². The molecule has 0 radical (unpaired) electrons. The number of anilines is 2. The van der Waals surface area contributed by atoms with Crippen LogP contribution in [-0.2, 0) is 6.54 Å². The Kier molecular flexibility index (Phi) is 4.00. The average molecular weight is 347 g/mol. The van der Waals surface area contributed by atoms with Crippen LogP contribution in [0.2, 0.25) is 5.02 Å². The molecule has 0 atom stereocenters. The normalized spacial score (nSPS) is 10.7. The summed E-state index contributed by atoms with van der Waals surface area (Å²) in [4.78, 5) is 37.2. The van der Waals surface area contributed by atoms with Crippen LogP contribution in [0.5, 0.6) is 0 Å². The number of nitrogens with zero attached hydrogens (tertiary/aromatic N) is 3. The Bertz CT molecular complexity index is 1000. The molecule has 0 saturated carbocycles. The number of nitrogens with two attached hydrogens (primary N) is 1. The number of hydrogen-bond donors (Lipinski definition) is 4. The summed E-state index contributed by atoms with van der Waals surface area (Å²) in [5.74, 6) is -1.13. The number of H-pyrrole nitrogens is 1.